The predicted molar refractivity (Wildman–Crippen MR) is 65.4 cm³/mol. The van der Waals surface area contributed by atoms with Gasteiger partial charge in [-0.3, -0.25) is 0 Å². The van der Waals surface area contributed by atoms with Gasteiger partial charge in [-0.05, 0) is 6.07 Å². The zero-order valence-corrected chi connectivity index (χ0v) is 11.1. The Bertz CT molecular complexity index is 402. The zero-order chi connectivity index (χ0) is 13.0. The molecule has 5 nitrogen and oxygen atoms in total. The van der Waals surface area contributed by atoms with E-state index in [-0.39, 0.29) is 0 Å². The van der Waals surface area contributed by atoms with Crippen LogP contribution in [0.1, 0.15) is 24.5 Å². The number of ether oxygens (including phenoxy) is 4. The molecule has 0 amide bonds. The van der Waals surface area contributed by atoms with Crippen molar-refractivity contribution in [3.05, 3.63) is 23.4 Å². The van der Waals surface area contributed by atoms with Crippen LogP contribution >= 0.6 is 0 Å². The molecule has 0 N–H and O–H groups in total. The molecule has 2 heterocycles. The zero-order valence-electron chi connectivity index (χ0n) is 11.1. The smallest absolute Gasteiger partial charge is 0.219 e. The second-order valence-corrected chi connectivity index (χ2v) is 4.08. The van der Waals surface area contributed by atoms with E-state index in [4.69, 9.17) is 18.9 Å². The lowest BCUT2D eigenvalue weighted by atomic mass is 9.99. The van der Waals surface area contributed by atoms with Crippen LogP contribution in [0.3, 0.4) is 0 Å². The fourth-order valence-electron chi connectivity index (χ4n) is 2.29. The number of methoxy groups -OCH3 is 2. The van der Waals surface area contributed by atoms with Crippen LogP contribution in [0.15, 0.2) is 12.3 Å². The third-order valence-corrected chi connectivity index (χ3v) is 3.13. The molecule has 18 heavy (non-hydrogen) atoms. The van der Waals surface area contributed by atoms with Crippen molar-refractivity contribution in [2.75, 3.05) is 27.4 Å². The summed E-state index contributed by atoms with van der Waals surface area (Å²) in [5.41, 5.74) is 1.82. The fraction of sp³-hybridized carbons (Fsp3) is 0.615. The molecule has 1 aliphatic rings. The highest BCUT2D eigenvalue weighted by atomic mass is 16.7. The van der Waals surface area contributed by atoms with E-state index in [1.165, 1.54) is 0 Å². The molecule has 0 aromatic carbocycles. The lowest BCUT2D eigenvalue weighted by molar-refractivity contribution is -0.168. The van der Waals surface area contributed by atoms with Crippen molar-refractivity contribution in [1.29, 1.82) is 0 Å². The summed E-state index contributed by atoms with van der Waals surface area (Å²) in [7, 11) is 3.24. The van der Waals surface area contributed by atoms with Crippen LogP contribution in [-0.4, -0.2) is 32.4 Å². The summed E-state index contributed by atoms with van der Waals surface area (Å²) in [6, 6.07) is 1.91. The summed E-state index contributed by atoms with van der Waals surface area (Å²) in [6.07, 6.45) is 2.44. The van der Waals surface area contributed by atoms with E-state index in [1.54, 1.807) is 20.4 Å². The summed E-state index contributed by atoms with van der Waals surface area (Å²) in [4.78, 5) is 4.20. The molecule has 0 unspecified atom stereocenters. The largest absolute Gasteiger partial charge is 0.481 e. The van der Waals surface area contributed by atoms with E-state index >= 15 is 0 Å². The van der Waals surface area contributed by atoms with Gasteiger partial charge in [0.2, 0.25) is 5.88 Å². The molecule has 1 saturated heterocycles. The molecular weight excluding hydrogens is 234 g/mol. The maximum Gasteiger partial charge on any atom is 0.219 e. The van der Waals surface area contributed by atoms with Crippen molar-refractivity contribution in [2.45, 2.75) is 25.7 Å². The topological polar surface area (TPSA) is 49.8 Å². The number of rotatable bonds is 5. The minimum atomic E-state index is -0.690. The molecule has 1 fully saturated rings. The lowest BCUT2D eigenvalue weighted by Crippen LogP contribution is -2.28. The molecule has 1 aromatic rings. The highest BCUT2D eigenvalue weighted by molar-refractivity contribution is 5.37. The first kappa shape index (κ1) is 13.3. The Morgan fingerprint density at radius 1 is 1.33 bits per heavy atom. The number of hydrogen-bond donors (Lipinski definition) is 0. The Kier molecular flexibility index (Phi) is 4.16. The maximum absolute atomic E-state index is 5.80. The van der Waals surface area contributed by atoms with Crippen molar-refractivity contribution < 1.29 is 18.9 Å². The van der Waals surface area contributed by atoms with Gasteiger partial charge in [-0.25, -0.2) is 4.98 Å². The molecule has 0 radical (unpaired) electrons. The Hall–Kier alpha value is -1.17. The van der Waals surface area contributed by atoms with Gasteiger partial charge in [0.25, 0.3) is 0 Å². The Labute approximate surface area is 107 Å². The van der Waals surface area contributed by atoms with Gasteiger partial charge < -0.3 is 18.9 Å². The first-order valence-corrected chi connectivity index (χ1v) is 6.06. The van der Waals surface area contributed by atoms with Crippen molar-refractivity contribution in [2.24, 2.45) is 0 Å². The molecule has 0 atom stereocenters. The van der Waals surface area contributed by atoms with Crippen LogP contribution in [0.4, 0.5) is 0 Å². The molecule has 2 rings (SSSR count). The minimum Gasteiger partial charge on any atom is -0.481 e. The first-order valence-electron chi connectivity index (χ1n) is 6.06. The van der Waals surface area contributed by atoms with Crippen molar-refractivity contribution in [1.82, 2.24) is 4.98 Å². The number of nitrogens with zero attached hydrogens (tertiary/aromatic N) is 1. The van der Waals surface area contributed by atoms with Gasteiger partial charge in [0, 0.05) is 30.9 Å². The molecule has 5 heteroatoms. The highest BCUT2D eigenvalue weighted by Gasteiger charge is 2.39. The monoisotopic (exact) mass is 253 g/mol. The third kappa shape index (κ3) is 2.21. The van der Waals surface area contributed by atoms with Crippen LogP contribution in [0, 0.1) is 0 Å². The van der Waals surface area contributed by atoms with Gasteiger partial charge in [-0.2, -0.15) is 0 Å². The summed E-state index contributed by atoms with van der Waals surface area (Å²) < 4.78 is 22.1. The summed E-state index contributed by atoms with van der Waals surface area (Å²) in [5.74, 6) is -0.134. The van der Waals surface area contributed by atoms with E-state index in [1.807, 2.05) is 13.0 Å². The van der Waals surface area contributed by atoms with Gasteiger partial charge in [0.05, 0.1) is 26.9 Å². The summed E-state index contributed by atoms with van der Waals surface area (Å²) >= 11 is 0. The fourth-order valence-corrected chi connectivity index (χ4v) is 2.29. The SMILES string of the molecule is CCC1(c2ccnc(OC)c2COC)OCCO1. The van der Waals surface area contributed by atoms with Gasteiger partial charge in [-0.1, -0.05) is 6.92 Å². The molecular formula is C13H19NO4. The Morgan fingerprint density at radius 2 is 2.06 bits per heavy atom. The lowest BCUT2D eigenvalue weighted by Gasteiger charge is -2.28. The van der Waals surface area contributed by atoms with Gasteiger partial charge in [-0.15, -0.1) is 0 Å². The van der Waals surface area contributed by atoms with E-state index in [0.29, 0.717) is 25.7 Å². The molecule has 0 saturated carbocycles. The molecule has 100 valence electrons. The summed E-state index contributed by atoms with van der Waals surface area (Å²) in [6.45, 7) is 3.66. The quantitative estimate of drug-likeness (QED) is 0.801. The number of hydrogen-bond acceptors (Lipinski definition) is 5. The molecule has 1 aliphatic heterocycles. The third-order valence-electron chi connectivity index (χ3n) is 3.13. The van der Waals surface area contributed by atoms with Crippen LogP contribution in [-0.2, 0) is 26.6 Å². The molecule has 0 spiro atoms. The average molecular weight is 253 g/mol. The first-order chi connectivity index (χ1) is 8.77. The molecule has 0 aliphatic carbocycles. The predicted octanol–water partition coefficient (Wildman–Crippen LogP) is 1.85. The minimum absolute atomic E-state index is 0.417. The van der Waals surface area contributed by atoms with Crippen molar-refractivity contribution in [3.63, 3.8) is 0 Å². The number of aromatic nitrogens is 1. The molecule has 0 bridgehead atoms. The van der Waals surface area contributed by atoms with Gasteiger partial charge >= 0.3 is 0 Å². The van der Waals surface area contributed by atoms with E-state index in [9.17, 15) is 0 Å². The maximum atomic E-state index is 5.80. The highest BCUT2D eigenvalue weighted by Crippen LogP contribution is 2.38. The second-order valence-electron chi connectivity index (χ2n) is 4.08. The van der Waals surface area contributed by atoms with Gasteiger partial charge in [0.1, 0.15) is 0 Å². The van der Waals surface area contributed by atoms with Gasteiger partial charge in [0.15, 0.2) is 5.79 Å². The normalized spacial score (nSPS) is 17.9. The number of pyridine rings is 1. The molecule has 1 aromatic heterocycles. The van der Waals surface area contributed by atoms with E-state index in [2.05, 4.69) is 4.98 Å². The standard InChI is InChI=1S/C13H19NO4/c1-4-13(17-7-8-18-13)11-5-6-14-12(16-3)10(11)9-15-2/h5-6H,4,7-9H2,1-3H3. The second kappa shape index (κ2) is 5.65. The van der Waals surface area contributed by atoms with Crippen LogP contribution in [0.25, 0.3) is 0 Å². The van der Waals surface area contributed by atoms with E-state index < -0.39 is 5.79 Å². The average Bonchev–Trinajstić information content (AvgIpc) is 2.89. The van der Waals surface area contributed by atoms with Crippen LogP contribution < -0.4 is 4.74 Å². The van der Waals surface area contributed by atoms with Crippen LogP contribution in [0.5, 0.6) is 5.88 Å². The van der Waals surface area contributed by atoms with Crippen molar-refractivity contribution in [3.8, 4) is 5.88 Å². The Morgan fingerprint density at radius 3 is 2.61 bits per heavy atom. The summed E-state index contributed by atoms with van der Waals surface area (Å²) in [5, 5.41) is 0. The van der Waals surface area contributed by atoms with E-state index in [0.717, 1.165) is 17.5 Å². The van der Waals surface area contributed by atoms with Crippen LogP contribution in [0.2, 0.25) is 0 Å². The van der Waals surface area contributed by atoms with Crippen molar-refractivity contribution >= 4 is 0 Å². The Balaban J connectivity index is 2.48.